The lowest BCUT2D eigenvalue weighted by atomic mass is 10.1. The van der Waals surface area contributed by atoms with Crippen molar-refractivity contribution in [2.45, 2.75) is 32.2 Å². The van der Waals surface area contributed by atoms with Crippen LogP contribution in [-0.2, 0) is 9.59 Å². The predicted octanol–water partition coefficient (Wildman–Crippen LogP) is 1.08. The summed E-state index contributed by atoms with van der Waals surface area (Å²) in [5, 5.41) is 2.74. The molecule has 0 spiro atoms. The molecule has 0 heterocycles. The Hall–Kier alpha value is -1.06. The van der Waals surface area contributed by atoms with Crippen molar-refractivity contribution in [1.29, 1.82) is 0 Å². The number of aldehydes is 1. The number of hydrogen-bond donors (Lipinski definition) is 0. The molecule has 0 saturated carbocycles. The summed E-state index contributed by atoms with van der Waals surface area (Å²) in [4.78, 5) is 30.4. The summed E-state index contributed by atoms with van der Waals surface area (Å²) in [5.41, 5.74) is 0. The molecule has 0 N–H and O–H groups in total. The number of hydrogen-bond acceptors (Lipinski definition) is 4. The highest BCUT2D eigenvalue weighted by Crippen LogP contribution is 2.05. The van der Waals surface area contributed by atoms with Gasteiger partial charge in [-0.15, -0.1) is 0 Å². The molecule has 0 aliphatic carbocycles. The van der Waals surface area contributed by atoms with Crippen LogP contribution in [0.4, 0.5) is 0 Å². The Balaban J connectivity index is 3.65. The smallest absolute Gasteiger partial charge is 0.132 e. The van der Waals surface area contributed by atoms with Gasteiger partial charge < -0.3 is 4.79 Å². The van der Waals surface area contributed by atoms with E-state index in [4.69, 9.17) is 0 Å². The summed E-state index contributed by atoms with van der Waals surface area (Å²) >= 11 is 0. The molecule has 0 bridgehead atoms. The molecular weight excluding hydrogens is 146 g/mol. The third-order valence-electron chi connectivity index (χ3n) is 1.29. The van der Waals surface area contributed by atoms with Crippen LogP contribution < -0.4 is 0 Å². The molecular formula is C7H11NO3. The number of ketones is 1. The first-order valence-electron chi connectivity index (χ1n) is 3.46. The highest BCUT2D eigenvalue weighted by Gasteiger charge is 2.10. The molecule has 62 valence electrons. The topological polar surface area (TPSA) is 63.6 Å². The summed E-state index contributed by atoms with van der Waals surface area (Å²) in [6.45, 7) is 1.40. The van der Waals surface area contributed by atoms with E-state index in [1.165, 1.54) is 6.92 Å². The molecule has 1 atom stereocenters. The largest absolute Gasteiger partial charge is 0.303 e. The minimum Gasteiger partial charge on any atom is -0.303 e. The molecule has 11 heavy (non-hydrogen) atoms. The molecule has 1 unspecified atom stereocenters. The molecule has 0 aromatic heterocycles. The first kappa shape index (κ1) is 9.94. The molecule has 0 saturated heterocycles. The van der Waals surface area contributed by atoms with Crippen molar-refractivity contribution in [1.82, 2.24) is 0 Å². The summed E-state index contributed by atoms with van der Waals surface area (Å²) in [6, 6.07) is -0.516. The van der Waals surface area contributed by atoms with Gasteiger partial charge in [-0.2, -0.15) is 4.91 Å². The minimum atomic E-state index is -0.516. The molecule has 0 aliphatic heterocycles. The van der Waals surface area contributed by atoms with Crippen molar-refractivity contribution >= 4 is 12.1 Å². The number of carbonyl (C=O) groups is 2. The molecule has 0 rings (SSSR count). The molecule has 4 heteroatoms. The molecule has 0 aromatic carbocycles. The van der Waals surface area contributed by atoms with Gasteiger partial charge in [0.1, 0.15) is 12.1 Å². The van der Waals surface area contributed by atoms with Crippen LogP contribution in [0.15, 0.2) is 5.18 Å². The Morgan fingerprint density at radius 1 is 1.64 bits per heavy atom. The molecule has 0 aliphatic rings. The fourth-order valence-electron chi connectivity index (χ4n) is 0.784. The number of Topliss-reactive ketones (excluding diaryl/α,β-unsaturated/α-hetero) is 1. The van der Waals surface area contributed by atoms with Gasteiger partial charge in [-0.05, 0) is 13.3 Å². The number of rotatable bonds is 6. The van der Waals surface area contributed by atoms with Crippen LogP contribution in [0.3, 0.4) is 0 Å². The van der Waals surface area contributed by atoms with Gasteiger partial charge in [-0.1, -0.05) is 5.18 Å². The van der Waals surface area contributed by atoms with Gasteiger partial charge in [-0.3, -0.25) is 4.79 Å². The van der Waals surface area contributed by atoms with E-state index in [1.54, 1.807) is 0 Å². The van der Waals surface area contributed by atoms with Crippen molar-refractivity contribution in [2.24, 2.45) is 5.18 Å². The zero-order valence-corrected chi connectivity index (χ0v) is 6.45. The highest BCUT2D eigenvalue weighted by atomic mass is 16.3. The number of nitrogens with zero attached hydrogens (tertiary/aromatic N) is 1. The standard InChI is InChI=1S/C7H11NO3/c1-6(10)5-7(8-11)3-2-4-9/h4,7H,2-3,5H2,1H3. The summed E-state index contributed by atoms with van der Waals surface area (Å²) in [5.74, 6) is -0.0690. The average molecular weight is 157 g/mol. The lowest BCUT2D eigenvalue weighted by Crippen LogP contribution is -2.08. The van der Waals surface area contributed by atoms with Gasteiger partial charge in [0, 0.05) is 12.8 Å². The Labute approximate surface area is 64.9 Å². The Bertz CT molecular complexity index is 156. The van der Waals surface area contributed by atoms with Gasteiger partial charge in [0.15, 0.2) is 0 Å². The van der Waals surface area contributed by atoms with Crippen LogP contribution in [0.25, 0.3) is 0 Å². The maximum absolute atomic E-state index is 10.5. The fourth-order valence-corrected chi connectivity index (χ4v) is 0.784. The second-order valence-electron chi connectivity index (χ2n) is 2.41. The van der Waals surface area contributed by atoms with E-state index >= 15 is 0 Å². The quantitative estimate of drug-likeness (QED) is 0.428. The van der Waals surface area contributed by atoms with Gasteiger partial charge in [0.2, 0.25) is 0 Å². The monoisotopic (exact) mass is 157 g/mol. The average Bonchev–Trinajstić information content (AvgIpc) is 1.97. The van der Waals surface area contributed by atoms with Crippen LogP contribution in [-0.4, -0.2) is 18.1 Å². The number of carbonyl (C=O) groups excluding carboxylic acids is 2. The van der Waals surface area contributed by atoms with Crippen molar-refractivity contribution in [3.63, 3.8) is 0 Å². The van der Waals surface area contributed by atoms with Crippen molar-refractivity contribution in [3.05, 3.63) is 4.91 Å². The fraction of sp³-hybridized carbons (Fsp3) is 0.714. The Morgan fingerprint density at radius 2 is 2.27 bits per heavy atom. The molecule has 0 fully saturated rings. The van der Waals surface area contributed by atoms with Crippen molar-refractivity contribution in [2.75, 3.05) is 0 Å². The van der Waals surface area contributed by atoms with Gasteiger partial charge in [0.05, 0.1) is 6.04 Å². The van der Waals surface area contributed by atoms with Crippen LogP contribution >= 0.6 is 0 Å². The zero-order valence-electron chi connectivity index (χ0n) is 6.45. The maximum atomic E-state index is 10.5. The lowest BCUT2D eigenvalue weighted by molar-refractivity contribution is -0.117. The van der Waals surface area contributed by atoms with E-state index < -0.39 is 6.04 Å². The van der Waals surface area contributed by atoms with E-state index in [-0.39, 0.29) is 12.2 Å². The summed E-state index contributed by atoms with van der Waals surface area (Å²) < 4.78 is 0. The third-order valence-corrected chi connectivity index (χ3v) is 1.29. The predicted molar refractivity (Wildman–Crippen MR) is 40.2 cm³/mol. The van der Waals surface area contributed by atoms with Crippen LogP contribution in [0.2, 0.25) is 0 Å². The first-order chi connectivity index (χ1) is 5.20. The lowest BCUT2D eigenvalue weighted by Gasteiger charge is -2.01. The van der Waals surface area contributed by atoms with Crippen molar-refractivity contribution in [3.8, 4) is 0 Å². The van der Waals surface area contributed by atoms with Gasteiger partial charge in [-0.25, -0.2) is 0 Å². The minimum absolute atomic E-state index is 0.0690. The third kappa shape index (κ3) is 5.39. The highest BCUT2D eigenvalue weighted by molar-refractivity contribution is 5.76. The number of nitroso groups, excluding NO2 is 1. The van der Waals surface area contributed by atoms with E-state index in [9.17, 15) is 14.5 Å². The summed E-state index contributed by atoms with van der Waals surface area (Å²) in [6.07, 6.45) is 1.55. The second-order valence-corrected chi connectivity index (χ2v) is 2.41. The normalized spacial score (nSPS) is 12.1. The van der Waals surface area contributed by atoms with E-state index in [0.717, 1.165) is 6.29 Å². The van der Waals surface area contributed by atoms with Crippen molar-refractivity contribution < 1.29 is 9.59 Å². The van der Waals surface area contributed by atoms with E-state index in [1.807, 2.05) is 0 Å². The van der Waals surface area contributed by atoms with Gasteiger partial charge in [0.25, 0.3) is 0 Å². The SMILES string of the molecule is CC(=O)CC(CCC=O)N=O. The van der Waals surface area contributed by atoms with E-state index in [2.05, 4.69) is 5.18 Å². The second kappa shape index (κ2) is 5.70. The molecule has 0 aromatic rings. The maximum Gasteiger partial charge on any atom is 0.132 e. The molecule has 4 nitrogen and oxygen atoms in total. The Kier molecular flexibility index (Phi) is 5.15. The van der Waals surface area contributed by atoms with Crippen LogP contribution in [0.5, 0.6) is 0 Å². The Morgan fingerprint density at radius 3 is 2.64 bits per heavy atom. The zero-order chi connectivity index (χ0) is 8.69. The van der Waals surface area contributed by atoms with Crippen LogP contribution in [0.1, 0.15) is 26.2 Å². The first-order valence-corrected chi connectivity index (χ1v) is 3.46. The molecule has 0 amide bonds. The summed E-state index contributed by atoms with van der Waals surface area (Å²) in [7, 11) is 0. The van der Waals surface area contributed by atoms with Crippen LogP contribution in [0, 0.1) is 4.91 Å². The van der Waals surface area contributed by atoms with E-state index in [0.29, 0.717) is 12.8 Å². The molecule has 0 radical (unpaired) electrons. The van der Waals surface area contributed by atoms with Gasteiger partial charge >= 0.3 is 0 Å².